The van der Waals surface area contributed by atoms with Crippen LogP contribution in [0.5, 0.6) is 0 Å². The first-order chi connectivity index (χ1) is 47.8. The van der Waals surface area contributed by atoms with E-state index in [1.807, 2.05) is 80.5 Å². The van der Waals surface area contributed by atoms with E-state index in [1.165, 1.54) is 23.8 Å². The van der Waals surface area contributed by atoms with E-state index in [0.29, 0.717) is 123 Å². The number of anilines is 1. The van der Waals surface area contributed by atoms with Crippen molar-refractivity contribution < 1.29 is 65.6 Å². The molecule has 0 aliphatic heterocycles. The predicted octanol–water partition coefficient (Wildman–Crippen LogP) is 2.03. The number of hydrogen-bond donors (Lipinski definition) is 10. The molecule has 0 radical (unpaired) electrons. The first kappa shape index (κ1) is 79.4. The lowest BCUT2D eigenvalue weighted by Gasteiger charge is -2.26. The van der Waals surface area contributed by atoms with Crippen molar-refractivity contribution in [3.05, 3.63) is 127 Å². The second-order valence-electron chi connectivity index (χ2n) is 23.7. The van der Waals surface area contributed by atoms with E-state index in [-0.39, 0.29) is 81.7 Å². The number of primary amides is 1. The van der Waals surface area contributed by atoms with Gasteiger partial charge in [0.05, 0.1) is 83.9 Å². The van der Waals surface area contributed by atoms with Gasteiger partial charge in [-0.25, -0.2) is 13.4 Å². The van der Waals surface area contributed by atoms with Crippen molar-refractivity contribution in [3.8, 4) is 0 Å². The normalized spacial score (nSPS) is 12.8. The van der Waals surface area contributed by atoms with Crippen LogP contribution in [0.25, 0.3) is 21.7 Å². The number of nitrogens with one attached hydrogen (secondary N) is 7. The first-order valence-electron chi connectivity index (χ1n) is 33.6. The molecule has 6 rings (SSSR count). The van der Waals surface area contributed by atoms with Crippen LogP contribution in [0.3, 0.4) is 0 Å². The molecule has 4 aromatic carbocycles. The topological polar surface area (TPSA) is 397 Å². The number of aromatic nitrogens is 3. The van der Waals surface area contributed by atoms with Crippen LogP contribution in [0.2, 0.25) is 0 Å². The number of aromatic amines is 2. The van der Waals surface area contributed by atoms with Gasteiger partial charge in [0.2, 0.25) is 45.5 Å². The fraction of sp³-hybridized carbons (Fsp3) is 0.507. The van der Waals surface area contributed by atoms with Crippen molar-refractivity contribution in [2.24, 2.45) is 22.2 Å². The zero-order valence-electron chi connectivity index (χ0n) is 57.4. The third-order valence-electron chi connectivity index (χ3n) is 16.0. The summed E-state index contributed by atoms with van der Waals surface area (Å²) in [5, 5.41) is 16.5. The zero-order chi connectivity index (χ0) is 71.2. The lowest BCUT2D eigenvalue weighted by molar-refractivity contribution is -0.134. The van der Waals surface area contributed by atoms with E-state index in [2.05, 4.69) is 51.4 Å². The van der Waals surface area contributed by atoms with Crippen LogP contribution in [-0.2, 0) is 86.5 Å². The third kappa shape index (κ3) is 29.0. The summed E-state index contributed by atoms with van der Waals surface area (Å²) in [6.07, 6.45) is 5.97. The molecule has 6 aromatic rings. The Morgan fingerprint density at radius 1 is 0.606 bits per heavy atom. The van der Waals surface area contributed by atoms with Crippen molar-refractivity contribution in [1.82, 2.24) is 50.7 Å². The van der Waals surface area contributed by atoms with Crippen molar-refractivity contribution in [2.45, 2.75) is 94.3 Å². The number of ether oxygens (including phenoxy) is 6. The molecule has 30 heteroatoms. The van der Waals surface area contributed by atoms with Crippen LogP contribution in [-0.4, -0.2) is 237 Å². The molecule has 29 nitrogen and oxygen atoms in total. The number of guanidine groups is 1. The number of aliphatic imine (C=N–C) groups is 1. The van der Waals surface area contributed by atoms with Gasteiger partial charge < -0.3 is 87.1 Å². The molecule has 13 N–H and O–H groups in total. The Balaban J connectivity index is 0.943. The van der Waals surface area contributed by atoms with Gasteiger partial charge in [-0.1, -0.05) is 67.6 Å². The number of nitrogens with two attached hydrogens (primary N) is 3. The largest absolute Gasteiger partial charge is 0.379 e. The number of fused-ring (bicyclic) bond motifs is 2. The number of H-pyrrole nitrogens is 2. The second-order valence-corrected chi connectivity index (χ2v) is 25.7. The summed E-state index contributed by atoms with van der Waals surface area (Å²) in [4.78, 5) is 99.0. The van der Waals surface area contributed by atoms with Crippen LogP contribution in [0, 0.1) is 0 Å². The van der Waals surface area contributed by atoms with Gasteiger partial charge in [0.1, 0.15) is 24.2 Å². The summed E-state index contributed by atoms with van der Waals surface area (Å²) in [6, 6.07) is 22.8. The Bertz CT molecular complexity index is 3560. The number of nitrogens with zero attached hydrogens (tertiary/aromatic N) is 5. The fourth-order valence-electron chi connectivity index (χ4n) is 10.6. The standard InChI is InChI=1S/C69H101N15O14S/c1-5-84(99(91,92)57-23-21-52-43-56(82(3)4)22-20-53(52)44-57)27-13-26-83(29-33-96-37-41-98-39-35-94-31-25-74-50(2)85)28-32-95-36-40-97-38-34-93-30-12-19-64(86)78-63(46-55-48-73-49-77-55)68(90)81-62(42-51-14-7-6-8-15-51)67(89)79-60(18-11-24-75-69(71)72)66(88)80-61(65(70)87)45-54-47-76-59-17-10-9-16-58(54)59/h6-10,14-17,20-23,43-44,47-49,60-63,76H,5,11-13,18-19,24-42,45-46H2,1-4H3,(H2,70,87)(H,73,77)(H,74,85)(H,78,86)(H,79,89)(H,80,88)(H,81,90)(H4,71,72,75)/t60-,61-,62+,63-/m0/s1. The van der Waals surface area contributed by atoms with Crippen LogP contribution >= 0.6 is 0 Å². The van der Waals surface area contributed by atoms with Gasteiger partial charge in [-0.3, -0.25) is 38.7 Å². The summed E-state index contributed by atoms with van der Waals surface area (Å²) in [5.41, 5.74) is 20.8. The number of carbonyl (C=O) groups excluding carboxylic acids is 6. The Morgan fingerprint density at radius 2 is 1.20 bits per heavy atom. The molecule has 0 spiro atoms. The molecule has 99 heavy (non-hydrogen) atoms. The van der Waals surface area contributed by atoms with Gasteiger partial charge in [0, 0.05) is 127 Å². The molecule has 2 aromatic heterocycles. The monoisotopic (exact) mass is 1400 g/mol. The number of sulfonamides is 1. The van der Waals surface area contributed by atoms with Crippen molar-refractivity contribution in [1.29, 1.82) is 0 Å². The molecule has 0 aliphatic rings. The minimum atomic E-state index is -3.77. The summed E-state index contributed by atoms with van der Waals surface area (Å²) in [7, 11) is 0.160. The fourth-order valence-corrected chi connectivity index (χ4v) is 12.2. The number of carbonyl (C=O) groups is 6. The first-order valence-corrected chi connectivity index (χ1v) is 35.0. The zero-order valence-corrected chi connectivity index (χ0v) is 58.2. The average Bonchev–Trinajstić information content (AvgIpc) is 1.30. The highest BCUT2D eigenvalue weighted by atomic mass is 32.2. The highest BCUT2D eigenvalue weighted by Gasteiger charge is 2.32. The smallest absolute Gasteiger partial charge is 0.243 e. The van der Waals surface area contributed by atoms with Crippen LogP contribution in [0.15, 0.2) is 120 Å². The minimum absolute atomic E-state index is 0.00100. The number of imidazole rings is 1. The third-order valence-corrected chi connectivity index (χ3v) is 17.9. The van der Waals surface area contributed by atoms with E-state index in [4.69, 9.17) is 45.6 Å². The Kier molecular flexibility index (Phi) is 35.1. The molecular weight excluding hydrogens is 1290 g/mol. The van der Waals surface area contributed by atoms with Gasteiger partial charge in [-0.2, -0.15) is 4.31 Å². The Hall–Kier alpha value is -8.59. The van der Waals surface area contributed by atoms with Crippen molar-refractivity contribution in [2.75, 3.05) is 144 Å². The van der Waals surface area contributed by atoms with Gasteiger partial charge in [0.15, 0.2) is 5.96 Å². The average molecular weight is 1400 g/mol. The van der Waals surface area contributed by atoms with Gasteiger partial charge in [-0.05, 0) is 84.5 Å². The summed E-state index contributed by atoms with van der Waals surface area (Å²) >= 11 is 0. The number of para-hydroxylation sites is 1. The lowest BCUT2D eigenvalue weighted by atomic mass is 10.0. The molecular formula is C69H101N15O14S. The van der Waals surface area contributed by atoms with Gasteiger partial charge in [0.25, 0.3) is 0 Å². The maximum absolute atomic E-state index is 14.5. The second kappa shape index (κ2) is 43.7. The highest BCUT2D eigenvalue weighted by molar-refractivity contribution is 7.89. The summed E-state index contributed by atoms with van der Waals surface area (Å²) < 4.78 is 63.8. The Labute approximate surface area is 579 Å². The molecule has 0 bridgehead atoms. The molecule has 2 heterocycles. The molecule has 0 saturated heterocycles. The summed E-state index contributed by atoms with van der Waals surface area (Å²) in [5.74, 6) is -3.58. The lowest BCUT2D eigenvalue weighted by Crippen LogP contribution is -2.59. The van der Waals surface area contributed by atoms with Crippen molar-refractivity contribution >= 4 is 78.8 Å². The van der Waals surface area contributed by atoms with Crippen LogP contribution < -0.4 is 48.7 Å². The molecule has 6 amide bonds. The number of benzene rings is 4. The molecule has 0 aliphatic carbocycles. The number of rotatable bonds is 51. The maximum Gasteiger partial charge on any atom is 0.243 e. The summed E-state index contributed by atoms with van der Waals surface area (Å²) in [6.45, 7) is 10.4. The van der Waals surface area contributed by atoms with E-state index < -0.39 is 63.7 Å². The SMILES string of the molecule is CCN(CCCN(CCOCCOCCOCCCC(=O)N[C@@H](Cc1cnc[nH]1)C(=O)N[C@H](Cc1ccccc1)C(=O)N[C@@H](CCCN=C(N)N)C(=O)N[C@@H](Cc1c[nH]c2ccccc12)C(N)=O)CCOCCOCCOCCNC(C)=O)S(=O)(=O)c1ccc2cc(N(C)C)ccc2c1. The highest BCUT2D eigenvalue weighted by Crippen LogP contribution is 2.26. The maximum atomic E-state index is 14.5. The van der Waals surface area contributed by atoms with Crippen LogP contribution in [0.1, 0.15) is 62.8 Å². The predicted molar refractivity (Wildman–Crippen MR) is 378 cm³/mol. The molecule has 0 unspecified atom stereocenters. The number of amides is 6. The van der Waals surface area contributed by atoms with Gasteiger partial charge >= 0.3 is 0 Å². The van der Waals surface area contributed by atoms with E-state index in [9.17, 15) is 37.2 Å². The molecule has 0 saturated carbocycles. The molecule has 542 valence electrons. The van der Waals surface area contributed by atoms with Gasteiger partial charge in [-0.15, -0.1) is 0 Å². The number of hydrogen-bond acceptors (Lipinski definition) is 18. The minimum Gasteiger partial charge on any atom is -0.379 e. The van der Waals surface area contributed by atoms with E-state index >= 15 is 0 Å². The molecule has 0 fully saturated rings. The van der Waals surface area contributed by atoms with Crippen molar-refractivity contribution in [3.63, 3.8) is 0 Å². The van der Waals surface area contributed by atoms with E-state index in [0.717, 1.165) is 32.9 Å². The quantitative estimate of drug-likeness (QED) is 0.0148. The Morgan fingerprint density at radius 3 is 1.84 bits per heavy atom. The van der Waals surface area contributed by atoms with E-state index in [1.54, 1.807) is 42.6 Å². The molecule has 4 atom stereocenters. The van der Waals surface area contributed by atoms with Crippen LogP contribution in [0.4, 0.5) is 5.69 Å².